The summed E-state index contributed by atoms with van der Waals surface area (Å²) in [6.45, 7) is 7.69. The molecule has 0 aliphatic carbocycles. The van der Waals surface area contributed by atoms with Crippen molar-refractivity contribution in [1.82, 2.24) is 8.61 Å². The Bertz CT molecular complexity index is 403. The zero-order valence-corrected chi connectivity index (χ0v) is 11.5. The molecular weight excluding hydrogens is 244 g/mol. The molecule has 0 bridgehead atoms. The highest BCUT2D eigenvalue weighted by atomic mass is 32.2. The summed E-state index contributed by atoms with van der Waals surface area (Å²) in [5, 5.41) is 9.08. The van der Waals surface area contributed by atoms with Crippen molar-refractivity contribution in [1.29, 1.82) is 0 Å². The molecule has 0 aromatic carbocycles. The number of hydrogen-bond donors (Lipinski definition) is 1. The van der Waals surface area contributed by atoms with Crippen molar-refractivity contribution in [2.75, 3.05) is 19.6 Å². The van der Waals surface area contributed by atoms with Gasteiger partial charge in [0.15, 0.2) is 0 Å². The largest absolute Gasteiger partial charge is 0.480 e. The van der Waals surface area contributed by atoms with Crippen molar-refractivity contribution < 1.29 is 18.3 Å². The Hall–Kier alpha value is -0.660. The molecule has 1 N–H and O–H groups in total. The van der Waals surface area contributed by atoms with Crippen molar-refractivity contribution >= 4 is 16.2 Å². The molecule has 1 aliphatic rings. The zero-order valence-electron chi connectivity index (χ0n) is 10.7. The van der Waals surface area contributed by atoms with E-state index in [4.69, 9.17) is 5.11 Å². The van der Waals surface area contributed by atoms with E-state index in [1.165, 1.54) is 18.2 Å². The van der Waals surface area contributed by atoms with Crippen LogP contribution in [0.5, 0.6) is 0 Å². The zero-order chi connectivity index (χ0) is 13.4. The van der Waals surface area contributed by atoms with E-state index in [0.717, 1.165) is 4.31 Å². The molecule has 0 atom stereocenters. The highest BCUT2D eigenvalue weighted by molar-refractivity contribution is 7.87. The van der Waals surface area contributed by atoms with Gasteiger partial charge in [-0.25, -0.2) is 0 Å². The summed E-state index contributed by atoms with van der Waals surface area (Å²) < 4.78 is 26.7. The first kappa shape index (κ1) is 14.4. The van der Waals surface area contributed by atoms with Crippen LogP contribution in [0.3, 0.4) is 0 Å². The van der Waals surface area contributed by atoms with E-state index in [1.54, 1.807) is 0 Å². The van der Waals surface area contributed by atoms with Crippen LogP contribution in [0, 0.1) is 5.92 Å². The minimum Gasteiger partial charge on any atom is -0.480 e. The van der Waals surface area contributed by atoms with Gasteiger partial charge >= 0.3 is 5.97 Å². The van der Waals surface area contributed by atoms with Crippen LogP contribution in [-0.4, -0.2) is 53.3 Å². The van der Waals surface area contributed by atoms with Gasteiger partial charge in [0, 0.05) is 19.6 Å². The van der Waals surface area contributed by atoms with Crippen LogP contribution in [-0.2, 0) is 15.0 Å². The molecule has 1 fully saturated rings. The third-order valence-corrected chi connectivity index (χ3v) is 5.05. The average molecular weight is 264 g/mol. The Balaban J connectivity index is 2.98. The molecule has 0 aromatic rings. The van der Waals surface area contributed by atoms with Crippen LogP contribution in [0.2, 0.25) is 0 Å². The van der Waals surface area contributed by atoms with Gasteiger partial charge in [0.2, 0.25) is 0 Å². The molecule has 1 saturated heterocycles. The molecule has 7 heteroatoms. The maximum atomic E-state index is 12.2. The molecule has 0 aromatic heterocycles. The summed E-state index contributed by atoms with van der Waals surface area (Å²) in [4.78, 5) is 11.1. The Labute approximate surface area is 102 Å². The third kappa shape index (κ3) is 2.61. The van der Waals surface area contributed by atoms with Gasteiger partial charge in [-0.3, -0.25) is 4.79 Å². The fourth-order valence-corrected chi connectivity index (χ4v) is 3.88. The Kier molecular flexibility index (Phi) is 3.85. The first-order chi connectivity index (χ1) is 7.60. The molecule has 0 unspecified atom stereocenters. The second-order valence-corrected chi connectivity index (χ2v) is 7.05. The van der Waals surface area contributed by atoms with E-state index in [9.17, 15) is 13.2 Å². The molecule has 0 saturated carbocycles. The van der Waals surface area contributed by atoms with Gasteiger partial charge in [-0.05, 0) is 19.8 Å². The van der Waals surface area contributed by atoms with Crippen LogP contribution >= 0.6 is 0 Å². The standard InChI is InChI=1S/C10H20N2O4S/c1-8(2)7-11-5-6-12(17(11,15)16)10(3,4)9(13)14/h8H,5-7H2,1-4H3,(H,13,14). The Morgan fingerprint density at radius 3 is 2.29 bits per heavy atom. The maximum absolute atomic E-state index is 12.2. The lowest BCUT2D eigenvalue weighted by atomic mass is 10.1. The van der Waals surface area contributed by atoms with Crippen molar-refractivity contribution in [2.24, 2.45) is 5.92 Å². The van der Waals surface area contributed by atoms with Gasteiger partial charge in [0.05, 0.1) is 0 Å². The number of carboxylic acid groups (broad SMARTS) is 1. The van der Waals surface area contributed by atoms with Crippen LogP contribution in [0.1, 0.15) is 27.7 Å². The van der Waals surface area contributed by atoms with Gasteiger partial charge in [-0.15, -0.1) is 0 Å². The monoisotopic (exact) mass is 264 g/mol. The number of carbonyl (C=O) groups is 1. The van der Waals surface area contributed by atoms with Crippen LogP contribution in [0.4, 0.5) is 0 Å². The molecular formula is C10H20N2O4S. The summed E-state index contributed by atoms with van der Waals surface area (Å²) in [7, 11) is -3.64. The minimum atomic E-state index is -3.64. The summed E-state index contributed by atoms with van der Waals surface area (Å²) in [6.07, 6.45) is 0. The van der Waals surface area contributed by atoms with Crippen molar-refractivity contribution in [3.63, 3.8) is 0 Å². The molecule has 0 radical (unpaired) electrons. The summed E-state index contributed by atoms with van der Waals surface area (Å²) >= 11 is 0. The topological polar surface area (TPSA) is 77.9 Å². The fraction of sp³-hybridized carbons (Fsp3) is 0.900. The highest BCUT2D eigenvalue weighted by Gasteiger charge is 2.48. The maximum Gasteiger partial charge on any atom is 0.324 e. The predicted molar refractivity (Wildman–Crippen MR) is 63.8 cm³/mol. The summed E-state index contributed by atoms with van der Waals surface area (Å²) in [5.41, 5.74) is -1.40. The van der Waals surface area contributed by atoms with E-state index >= 15 is 0 Å². The normalized spacial score (nSPS) is 22.2. The first-order valence-corrected chi connectivity index (χ1v) is 7.01. The van der Waals surface area contributed by atoms with Gasteiger partial charge in [-0.1, -0.05) is 13.8 Å². The van der Waals surface area contributed by atoms with Gasteiger partial charge < -0.3 is 5.11 Å². The molecule has 1 heterocycles. The predicted octanol–water partition coefficient (Wildman–Crippen LogP) is 0.368. The molecule has 1 aliphatic heterocycles. The van der Waals surface area contributed by atoms with Crippen LogP contribution in [0.15, 0.2) is 0 Å². The van der Waals surface area contributed by atoms with Gasteiger partial charge in [0.1, 0.15) is 5.54 Å². The number of hydrogen-bond acceptors (Lipinski definition) is 3. The van der Waals surface area contributed by atoms with E-state index in [-0.39, 0.29) is 12.5 Å². The number of carboxylic acids is 1. The smallest absolute Gasteiger partial charge is 0.324 e. The molecule has 1 rings (SSSR count). The van der Waals surface area contributed by atoms with Gasteiger partial charge in [0.25, 0.3) is 10.2 Å². The van der Waals surface area contributed by atoms with Crippen LogP contribution < -0.4 is 0 Å². The lowest BCUT2D eigenvalue weighted by molar-refractivity contribution is -0.146. The summed E-state index contributed by atoms with van der Waals surface area (Å²) in [6, 6.07) is 0. The molecule has 6 nitrogen and oxygen atoms in total. The Morgan fingerprint density at radius 2 is 1.88 bits per heavy atom. The molecule has 17 heavy (non-hydrogen) atoms. The fourth-order valence-electron chi connectivity index (χ4n) is 1.84. The first-order valence-electron chi connectivity index (χ1n) is 5.61. The summed E-state index contributed by atoms with van der Waals surface area (Å²) in [5.74, 6) is -0.912. The van der Waals surface area contributed by atoms with Gasteiger partial charge in [-0.2, -0.15) is 17.0 Å². The van der Waals surface area contributed by atoms with E-state index < -0.39 is 21.7 Å². The second-order valence-electron chi connectivity index (χ2n) is 5.20. The molecule has 100 valence electrons. The number of nitrogens with zero attached hydrogens (tertiary/aromatic N) is 2. The number of rotatable bonds is 4. The lowest BCUT2D eigenvalue weighted by Gasteiger charge is -2.30. The average Bonchev–Trinajstić information content (AvgIpc) is 2.41. The third-order valence-electron chi connectivity index (χ3n) is 2.87. The lowest BCUT2D eigenvalue weighted by Crippen LogP contribution is -2.52. The SMILES string of the molecule is CC(C)CN1CCN(C(C)(C)C(=O)O)S1(=O)=O. The minimum absolute atomic E-state index is 0.220. The molecule has 0 spiro atoms. The van der Waals surface area contributed by atoms with Crippen molar-refractivity contribution in [2.45, 2.75) is 33.2 Å². The van der Waals surface area contributed by atoms with Crippen LogP contribution in [0.25, 0.3) is 0 Å². The Morgan fingerprint density at radius 1 is 1.35 bits per heavy atom. The van der Waals surface area contributed by atoms with Crippen molar-refractivity contribution in [3.8, 4) is 0 Å². The number of aliphatic carboxylic acids is 1. The van der Waals surface area contributed by atoms with E-state index in [0.29, 0.717) is 13.1 Å². The molecule has 0 amide bonds. The quantitative estimate of drug-likeness (QED) is 0.795. The van der Waals surface area contributed by atoms with E-state index in [2.05, 4.69) is 0 Å². The van der Waals surface area contributed by atoms with E-state index in [1.807, 2.05) is 13.8 Å². The van der Waals surface area contributed by atoms with Crippen molar-refractivity contribution in [3.05, 3.63) is 0 Å². The second kappa shape index (κ2) is 4.55. The highest BCUT2D eigenvalue weighted by Crippen LogP contribution is 2.27.